The molecule has 26 heavy (non-hydrogen) atoms. The largest absolute Gasteiger partial charge is 0.305 e. The average molecular weight is 363 g/mol. The fraction of sp³-hybridized carbons (Fsp3) is 0.0500. The zero-order chi connectivity index (χ0) is 18.1. The fourth-order valence-electron chi connectivity index (χ4n) is 2.77. The van der Waals surface area contributed by atoms with Crippen molar-refractivity contribution in [2.24, 2.45) is 0 Å². The van der Waals surface area contributed by atoms with E-state index in [1.165, 1.54) is 0 Å². The molecule has 4 aromatic rings. The highest BCUT2D eigenvalue weighted by molar-refractivity contribution is 6.50. The zero-order valence-corrected chi connectivity index (χ0v) is 14.7. The van der Waals surface area contributed by atoms with Crippen LogP contribution in [0.15, 0.2) is 65.7 Å². The van der Waals surface area contributed by atoms with Crippen LogP contribution in [0.5, 0.6) is 0 Å². The van der Waals surface area contributed by atoms with Gasteiger partial charge in [-0.15, -0.1) is 0 Å². The van der Waals surface area contributed by atoms with E-state index in [4.69, 9.17) is 11.6 Å². The van der Waals surface area contributed by atoms with Crippen molar-refractivity contribution in [1.82, 2.24) is 19.7 Å². The Morgan fingerprint density at radius 1 is 1.15 bits per heavy atom. The standard InChI is InChI=1S/C20H15ClN4O/c1-13-6-5-9-16-18(13)23-19(24-20(16)26)17(21)10-14-11-22-25(12-14)15-7-3-2-4-8-15/h2-12H,1H3,(H,23,24,26)/b17-10-. The first-order valence-corrected chi connectivity index (χ1v) is 8.47. The maximum atomic E-state index is 12.3. The Morgan fingerprint density at radius 3 is 2.77 bits per heavy atom. The van der Waals surface area contributed by atoms with Crippen LogP contribution >= 0.6 is 11.6 Å². The zero-order valence-electron chi connectivity index (χ0n) is 14.0. The molecule has 0 aliphatic carbocycles. The number of benzene rings is 2. The minimum absolute atomic E-state index is 0.208. The van der Waals surface area contributed by atoms with E-state index < -0.39 is 0 Å². The molecular weight excluding hydrogens is 348 g/mol. The van der Waals surface area contributed by atoms with Gasteiger partial charge in [-0.05, 0) is 36.8 Å². The summed E-state index contributed by atoms with van der Waals surface area (Å²) in [6.45, 7) is 1.92. The van der Waals surface area contributed by atoms with Crippen molar-refractivity contribution in [2.75, 3.05) is 0 Å². The summed E-state index contributed by atoms with van der Waals surface area (Å²) in [5, 5.41) is 5.23. The highest BCUT2D eigenvalue weighted by atomic mass is 35.5. The number of nitrogens with zero attached hydrogens (tertiary/aromatic N) is 3. The molecular formula is C20H15ClN4O. The van der Waals surface area contributed by atoms with Crippen LogP contribution < -0.4 is 5.56 Å². The molecule has 128 valence electrons. The molecule has 0 radical (unpaired) electrons. The monoisotopic (exact) mass is 362 g/mol. The number of H-pyrrole nitrogens is 1. The summed E-state index contributed by atoms with van der Waals surface area (Å²) >= 11 is 6.41. The number of fused-ring (bicyclic) bond motifs is 1. The SMILES string of the molecule is Cc1cccc2c(=O)[nH]c(/C(Cl)=C/c3cnn(-c4ccccc4)c3)nc12. The molecule has 1 N–H and O–H groups in total. The van der Waals surface area contributed by atoms with Crippen molar-refractivity contribution in [3.63, 3.8) is 0 Å². The summed E-state index contributed by atoms with van der Waals surface area (Å²) in [6, 6.07) is 15.3. The molecule has 2 heterocycles. The predicted octanol–water partition coefficient (Wildman–Crippen LogP) is 4.15. The molecule has 0 aliphatic heterocycles. The van der Waals surface area contributed by atoms with Crippen molar-refractivity contribution in [3.05, 3.63) is 88.2 Å². The van der Waals surface area contributed by atoms with E-state index in [1.54, 1.807) is 23.0 Å². The Bertz CT molecular complexity index is 1180. The second-order valence-corrected chi connectivity index (χ2v) is 6.34. The number of nitrogens with one attached hydrogen (secondary N) is 1. The van der Waals surface area contributed by atoms with E-state index in [0.717, 1.165) is 16.8 Å². The van der Waals surface area contributed by atoms with Gasteiger partial charge in [0.2, 0.25) is 0 Å². The summed E-state index contributed by atoms with van der Waals surface area (Å²) in [4.78, 5) is 19.6. The van der Waals surface area contributed by atoms with Crippen LogP contribution in [0.25, 0.3) is 27.7 Å². The van der Waals surface area contributed by atoms with Crippen molar-refractivity contribution in [2.45, 2.75) is 6.92 Å². The molecule has 0 saturated heterocycles. The first kappa shape index (κ1) is 16.3. The van der Waals surface area contributed by atoms with Crippen LogP contribution in [0.2, 0.25) is 0 Å². The molecule has 0 unspecified atom stereocenters. The molecule has 4 rings (SSSR count). The maximum absolute atomic E-state index is 12.3. The lowest BCUT2D eigenvalue weighted by Gasteiger charge is -2.04. The van der Waals surface area contributed by atoms with Gasteiger partial charge >= 0.3 is 0 Å². The van der Waals surface area contributed by atoms with E-state index >= 15 is 0 Å². The van der Waals surface area contributed by atoms with Gasteiger partial charge in [0.25, 0.3) is 5.56 Å². The molecule has 0 saturated carbocycles. The Kier molecular flexibility index (Phi) is 4.14. The van der Waals surface area contributed by atoms with Gasteiger partial charge in [-0.3, -0.25) is 4.79 Å². The van der Waals surface area contributed by atoms with E-state index in [2.05, 4.69) is 15.1 Å². The first-order chi connectivity index (χ1) is 12.6. The minimum Gasteiger partial charge on any atom is -0.305 e. The Labute approximate surface area is 154 Å². The number of rotatable bonds is 3. The fourth-order valence-corrected chi connectivity index (χ4v) is 2.98. The predicted molar refractivity (Wildman–Crippen MR) is 104 cm³/mol. The first-order valence-electron chi connectivity index (χ1n) is 8.09. The summed E-state index contributed by atoms with van der Waals surface area (Å²) in [7, 11) is 0. The number of halogens is 1. The van der Waals surface area contributed by atoms with Crippen molar-refractivity contribution < 1.29 is 0 Å². The maximum Gasteiger partial charge on any atom is 0.259 e. The molecule has 2 aromatic carbocycles. The van der Waals surface area contributed by atoms with Gasteiger partial charge in [-0.1, -0.05) is 41.9 Å². The van der Waals surface area contributed by atoms with Gasteiger partial charge in [0.05, 0.1) is 27.8 Å². The second kappa shape index (κ2) is 6.61. The van der Waals surface area contributed by atoms with E-state index in [-0.39, 0.29) is 5.56 Å². The van der Waals surface area contributed by atoms with Crippen molar-refractivity contribution in [3.8, 4) is 5.69 Å². The van der Waals surface area contributed by atoms with Gasteiger partial charge < -0.3 is 4.98 Å². The lowest BCUT2D eigenvalue weighted by molar-refractivity contribution is 0.880. The van der Waals surface area contributed by atoms with Crippen LogP contribution in [0.3, 0.4) is 0 Å². The van der Waals surface area contributed by atoms with Crippen LogP contribution in [-0.2, 0) is 0 Å². The Hall–Kier alpha value is -3.18. The number of aromatic amines is 1. The Morgan fingerprint density at radius 2 is 1.96 bits per heavy atom. The number of hydrogen-bond donors (Lipinski definition) is 1. The summed E-state index contributed by atoms with van der Waals surface area (Å²) in [6.07, 6.45) is 5.30. The van der Waals surface area contributed by atoms with Crippen molar-refractivity contribution in [1.29, 1.82) is 0 Å². The highest BCUT2D eigenvalue weighted by Crippen LogP contribution is 2.21. The van der Waals surface area contributed by atoms with Gasteiger partial charge in [0, 0.05) is 11.8 Å². The third-order valence-electron chi connectivity index (χ3n) is 4.08. The van der Waals surface area contributed by atoms with Crippen molar-refractivity contribution >= 4 is 33.6 Å². The normalized spacial score (nSPS) is 11.8. The number of hydrogen-bond acceptors (Lipinski definition) is 3. The molecule has 0 bridgehead atoms. The summed E-state index contributed by atoms with van der Waals surface area (Å²) < 4.78 is 1.76. The lowest BCUT2D eigenvalue weighted by Crippen LogP contribution is -2.11. The smallest absolute Gasteiger partial charge is 0.259 e. The number of aromatic nitrogens is 4. The molecule has 0 spiro atoms. The Balaban J connectivity index is 1.73. The molecule has 5 nitrogen and oxygen atoms in total. The summed E-state index contributed by atoms with van der Waals surface area (Å²) in [5.41, 5.74) is 3.14. The molecule has 0 fully saturated rings. The van der Waals surface area contributed by atoms with E-state index in [1.807, 2.05) is 55.6 Å². The van der Waals surface area contributed by atoms with Crippen LogP contribution in [0, 0.1) is 6.92 Å². The molecule has 0 aliphatic rings. The quantitative estimate of drug-likeness (QED) is 0.595. The molecule has 0 amide bonds. The van der Waals surface area contributed by atoms with Crippen LogP contribution in [0.1, 0.15) is 17.0 Å². The molecule has 6 heteroatoms. The van der Waals surface area contributed by atoms with Crippen LogP contribution in [-0.4, -0.2) is 19.7 Å². The minimum atomic E-state index is -0.208. The third kappa shape index (κ3) is 3.05. The van der Waals surface area contributed by atoms with Gasteiger partial charge in [-0.25, -0.2) is 9.67 Å². The molecule has 2 aromatic heterocycles. The third-order valence-corrected chi connectivity index (χ3v) is 4.37. The molecule has 0 atom stereocenters. The average Bonchev–Trinajstić information content (AvgIpc) is 3.11. The van der Waals surface area contributed by atoms with Crippen LogP contribution in [0.4, 0.5) is 0 Å². The number of aryl methyl sites for hydroxylation is 1. The number of para-hydroxylation sites is 2. The van der Waals surface area contributed by atoms with E-state index in [0.29, 0.717) is 21.8 Å². The highest BCUT2D eigenvalue weighted by Gasteiger charge is 2.09. The topological polar surface area (TPSA) is 63.6 Å². The summed E-state index contributed by atoms with van der Waals surface area (Å²) in [5.74, 6) is 0.339. The van der Waals surface area contributed by atoms with E-state index in [9.17, 15) is 4.79 Å². The lowest BCUT2D eigenvalue weighted by atomic mass is 10.1. The second-order valence-electron chi connectivity index (χ2n) is 5.93. The van der Waals surface area contributed by atoms with Gasteiger partial charge in [-0.2, -0.15) is 5.10 Å². The van der Waals surface area contributed by atoms with Gasteiger partial charge in [0.15, 0.2) is 5.82 Å². The van der Waals surface area contributed by atoms with Gasteiger partial charge in [0.1, 0.15) is 0 Å².